The van der Waals surface area contributed by atoms with Crippen LogP contribution in [0.2, 0.25) is 0 Å². The van der Waals surface area contributed by atoms with Gasteiger partial charge in [0.15, 0.2) is 18.1 Å². The summed E-state index contributed by atoms with van der Waals surface area (Å²) in [4.78, 5) is 29.5. The number of hydrogen-bond acceptors (Lipinski definition) is 10. The number of nitrogens with one attached hydrogen (secondary N) is 1. The molecular formula is C23H25N3O7S. The van der Waals surface area contributed by atoms with E-state index in [0.29, 0.717) is 46.5 Å². The molecular weight excluding hydrogens is 462 g/mol. The van der Waals surface area contributed by atoms with Gasteiger partial charge < -0.3 is 28.8 Å². The second-order valence-corrected chi connectivity index (χ2v) is 7.80. The summed E-state index contributed by atoms with van der Waals surface area (Å²) in [7, 11) is 4.65. The highest BCUT2D eigenvalue weighted by molar-refractivity contribution is 8.00. The SMILES string of the molecule is COCCNC(=O)CSc1ccccc1C(=O)OCc1nc(-c2ccc(OC)c(OC)c2)no1. The Morgan fingerprint density at radius 3 is 2.62 bits per heavy atom. The van der Waals surface area contributed by atoms with Gasteiger partial charge in [-0.1, -0.05) is 17.3 Å². The molecule has 0 aliphatic carbocycles. The Balaban J connectivity index is 1.59. The molecule has 1 amide bonds. The Kier molecular flexibility index (Phi) is 9.30. The molecule has 0 radical (unpaired) electrons. The van der Waals surface area contributed by atoms with Crippen LogP contribution in [0, 0.1) is 0 Å². The third-order valence-electron chi connectivity index (χ3n) is 4.53. The van der Waals surface area contributed by atoms with Crippen molar-refractivity contribution in [3.8, 4) is 22.9 Å². The molecule has 1 N–H and O–H groups in total. The zero-order valence-corrected chi connectivity index (χ0v) is 19.8. The van der Waals surface area contributed by atoms with Gasteiger partial charge in [0.1, 0.15) is 0 Å². The maximum Gasteiger partial charge on any atom is 0.339 e. The number of ether oxygens (including phenoxy) is 4. The van der Waals surface area contributed by atoms with Crippen molar-refractivity contribution < 1.29 is 33.1 Å². The maximum atomic E-state index is 12.7. The molecule has 3 rings (SSSR count). The van der Waals surface area contributed by atoms with E-state index >= 15 is 0 Å². The second kappa shape index (κ2) is 12.6. The quantitative estimate of drug-likeness (QED) is 0.232. The van der Waals surface area contributed by atoms with Crippen molar-refractivity contribution in [3.63, 3.8) is 0 Å². The van der Waals surface area contributed by atoms with Crippen LogP contribution in [0.4, 0.5) is 0 Å². The van der Waals surface area contributed by atoms with Crippen molar-refractivity contribution in [3.05, 3.63) is 53.9 Å². The minimum Gasteiger partial charge on any atom is -0.493 e. The largest absolute Gasteiger partial charge is 0.493 e. The Labute approximate surface area is 200 Å². The number of nitrogens with zero attached hydrogens (tertiary/aromatic N) is 2. The smallest absolute Gasteiger partial charge is 0.339 e. The zero-order valence-electron chi connectivity index (χ0n) is 19.0. The lowest BCUT2D eigenvalue weighted by atomic mass is 10.2. The molecule has 0 atom stereocenters. The first-order valence-electron chi connectivity index (χ1n) is 10.2. The average molecular weight is 488 g/mol. The summed E-state index contributed by atoms with van der Waals surface area (Å²) in [6.45, 7) is 0.660. The fourth-order valence-electron chi connectivity index (χ4n) is 2.86. The zero-order chi connectivity index (χ0) is 24.3. The number of benzene rings is 2. The van der Waals surface area contributed by atoms with Crippen LogP contribution in [-0.2, 0) is 20.9 Å². The van der Waals surface area contributed by atoms with Crippen molar-refractivity contribution in [1.29, 1.82) is 0 Å². The lowest BCUT2D eigenvalue weighted by Gasteiger charge is -2.09. The van der Waals surface area contributed by atoms with Crippen LogP contribution in [0.5, 0.6) is 11.5 Å². The summed E-state index contributed by atoms with van der Waals surface area (Å²) in [5, 5.41) is 6.67. The van der Waals surface area contributed by atoms with Crippen molar-refractivity contribution in [1.82, 2.24) is 15.5 Å². The van der Waals surface area contributed by atoms with Crippen molar-refractivity contribution >= 4 is 23.6 Å². The molecule has 34 heavy (non-hydrogen) atoms. The summed E-state index contributed by atoms with van der Waals surface area (Å²) in [5.41, 5.74) is 1.00. The fraction of sp³-hybridized carbons (Fsp3) is 0.304. The molecule has 0 unspecified atom stereocenters. The lowest BCUT2D eigenvalue weighted by molar-refractivity contribution is -0.118. The van der Waals surface area contributed by atoms with E-state index in [1.165, 1.54) is 18.9 Å². The number of carbonyl (C=O) groups is 2. The van der Waals surface area contributed by atoms with Crippen LogP contribution in [-0.4, -0.2) is 62.3 Å². The van der Waals surface area contributed by atoms with Gasteiger partial charge in [0, 0.05) is 24.1 Å². The van der Waals surface area contributed by atoms with Gasteiger partial charge in [-0.3, -0.25) is 4.79 Å². The molecule has 1 aromatic heterocycles. The van der Waals surface area contributed by atoms with E-state index in [-0.39, 0.29) is 24.2 Å². The van der Waals surface area contributed by atoms with Crippen LogP contribution >= 0.6 is 11.8 Å². The Bertz CT molecular complexity index is 1120. The number of amides is 1. The molecule has 0 fully saturated rings. The van der Waals surface area contributed by atoms with E-state index in [4.69, 9.17) is 23.5 Å². The third kappa shape index (κ3) is 6.72. The predicted molar refractivity (Wildman–Crippen MR) is 124 cm³/mol. The maximum absolute atomic E-state index is 12.7. The number of methoxy groups -OCH3 is 3. The van der Waals surface area contributed by atoms with Crippen LogP contribution in [0.1, 0.15) is 16.2 Å². The van der Waals surface area contributed by atoms with Gasteiger partial charge in [-0.15, -0.1) is 11.8 Å². The number of thioether (sulfide) groups is 1. The van der Waals surface area contributed by atoms with Crippen LogP contribution in [0.15, 0.2) is 51.9 Å². The van der Waals surface area contributed by atoms with E-state index < -0.39 is 5.97 Å². The molecule has 0 saturated heterocycles. The van der Waals surface area contributed by atoms with Crippen LogP contribution < -0.4 is 14.8 Å². The first kappa shape index (κ1) is 25.1. The van der Waals surface area contributed by atoms with Crippen molar-refractivity contribution in [2.75, 3.05) is 40.2 Å². The molecule has 0 bridgehead atoms. The standard InChI is InChI=1S/C23H25N3O7S/c1-29-11-10-24-20(27)14-34-19-7-5-4-6-16(19)23(28)32-13-21-25-22(26-33-21)15-8-9-17(30-2)18(12-15)31-3/h4-9,12H,10-11,13-14H2,1-3H3,(H,24,27). The fourth-order valence-corrected chi connectivity index (χ4v) is 3.73. The number of rotatable bonds is 12. The second-order valence-electron chi connectivity index (χ2n) is 6.79. The summed E-state index contributed by atoms with van der Waals surface area (Å²) in [6, 6.07) is 12.1. The molecule has 1 heterocycles. The topological polar surface area (TPSA) is 122 Å². The highest BCUT2D eigenvalue weighted by Gasteiger charge is 2.17. The highest BCUT2D eigenvalue weighted by Crippen LogP contribution is 2.31. The minimum absolute atomic E-state index is 0.140. The average Bonchev–Trinajstić information content (AvgIpc) is 3.35. The van der Waals surface area contributed by atoms with Gasteiger partial charge in [-0.25, -0.2) is 4.79 Å². The van der Waals surface area contributed by atoms with Gasteiger partial charge in [-0.2, -0.15) is 4.98 Å². The van der Waals surface area contributed by atoms with E-state index in [9.17, 15) is 9.59 Å². The van der Waals surface area contributed by atoms with Gasteiger partial charge in [-0.05, 0) is 30.3 Å². The van der Waals surface area contributed by atoms with Gasteiger partial charge in [0.25, 0.3) is 5.89 Å². The number of carbonyl (C=O) groups excluding carboxylic acids is 2. The first-order valence-corrected chi connectivity index (χ1v) is 11.2. The lowest BCUT2D eigenvalue weighted by Crippen LogP contribution is -2.28. The Hall–Kier alpha value is -3.57. The normalized spacial score (nSPS) is 10.6. The van der Waals surface area contributed by atoms with E-state index in [1.807, 2.05) is 0 Å². The monoisotopic (exact) mass is 487 g/mol. The first-order chi connectivity index (χ1) is 16.5. The summed E-state index contributed by atoms with van der Waals surface area (Å²) >= 11 is 1.24. The highest BCUT2D eigenvalue weighted by atomic mass is 32.2. The molecule has 2 aromatic carbocycles. The minimum atomic E-state index is -0.561. The van der Waals surface area contributed by atoms with Crippen molar-refractivity contribution in [2.45, 2.75) is 11.5 Å². The molecule has 11 heteroatoms. The van der Waals surface area contributed by atoms with E-state index in [1.54, 1.807) is 56.7 Å². The summed E-state index contributed by atoms with van der Waals surface area (Å²) in [5.74, 6) is 1.01. The molecule has 0 saturated carbocycles. The number of hydrogen-bond donors (Lipinski definition) is 1. The summed E-state index contributed by atoms with van der Waals surface area (Å²) < 4.78 is 26.0. The van der Waals surface area contributed by atoms with E-state index in [2.05, 4.69) is 15.5 Å². The van der Waals surface area contributed by atoms with Crippen LogP contribution in [0.3, 0.4) is 0 Å². The van der Waals surface area contributed by atoms with Gasteiger partial charge in [0.2, 0.25) is 11.7 Å². The Morgan fingerprint density at radius 2 is 1.85 bits per heavy atom. The summed E-state index contributed by atoms with van der Waals surface area (Å²) in [6.07, 6.45) is 0. The van der Waals surface area contributed by atoms with Crippen LogP contribution in [0.25, 0.3) is 11.4 Å². The number of esters is 1. The molecule has 0 spiro atoms. The Morgan fingerprint density at radius 1 is 1.06 bits per heavy atom. The predicted octanol–water partition coefficient (Wildman–Crippen LogP) is 2.97. The molecule has 3 aromatic rings. The van der Waals surface area contributed by atoms with Gasteiger partial charge >= 0.3 is 5.97 Å². The third-order valence-corrected chi connectivity index (χ3v) is 5.60. The molecule has 10 nitrogen and oxygen atoms in total. The molecule has 0 aliphatic rings. The van der Waals surface area contributed by atoms with E-state index in [0.717, 1.165) is 0 Å². The molecule has 0 aliphatic heterocycles. The number of aromatic nitrogens is 2. The van der Waals surface area contributed by atoms with Crippen molar-refractivity contribution in [2.24, 2.45) is 0 Å². The molecule has 180 valence electrons. The van der Waals surface area contributed by atoms with Gasteiger partial charge in [0.05, 0.1) is 32.1 Å².